The van der Waals surface area contributed by atoms with Gasteiger partial charge < -0.3 is 4.74 Å². The van der Waals surface area contributed by atoms with Crippen LogP contribution in [-0.2, 0) is 19.9 Å². The molecule has 0 N–H and O–H groups in total. The van der Waals surface area contributed by atoms with Gasteiger partial charge in [0.15, 0.2) is 11.6 Å². The molecule has 2 unspecified atom stereocenters. The molecule has 1 aliphatic carbocycles. The van der Waals surface area contributed by atoms with Gasteiger partial charge in [0.25, 0.3) is 0 Å². The average Bonchev–Trinajstić information content (AvgIpc) is 2.67. The highest BCUT2D eigenvalue weighted by Crippen LogP contribution is 2.50. The van der Waals surface area contributed by atoms with Gasteiger partial charge in [0.1, 0.15) is 11.7 Å². The molecule has 0 spiro atoms. The smallest absolute Gasteiger partial charge is 0.162 e. The van der Waals surface area contributed by atoms with E-state index < -0.39 is 17.6 Å². The minimum Gasteiger partial charge on any atom is -0.357 e. The molecule has 4 rings (SSSR count). The predicted molar refractivity (Wildman–Crippen MR) is 85.2 cm³/mol. The molecule has 3 aliphatic rings. The Kier molecular flexibility index (Phi) is 3.20. The maximum Gasteiger partial charge on any atom is 0.162 e. The predicted octanol–water partition coefficient (Wildman–Crippen LogP) is 3.33. The molecule has 0 amide bonds. The molecule has 112 valence electrons. The first-order chi connectivity index (χ1) is 10.6. The number of halogens is 1. The Hall–Kier alpha value is -1.52. The summed E-state index contributed by atoms with van der Waals surface area (Å²) in [7, 11) is 0. The van der Waals surface area contributed by atoms with E-state index >= 15 is 0 Å². The van der Waals surface area contributed by atoms with E-state index in [0.717, 1.165) is 10.0 Å². The van der Waals surface area contributed by atoms with Crippen LogP contribution in [0.3, 0.4) is 0 Å². The van der Waals surface area contributed by atoms with Crippen LogP contribution in [0, 0.1) is 11.8 Å². The molecule has 0 radical (unpaired) electrons. The minimum atomic E-state index is -0.713. The maximum absolute atomic E-state index is 12.9. The van der Waals surface area contributed by atoms with Crippen molar-refractivity contribution in [1.82, 2.24) is 0 Å². The first kappa shape index (κ1) is 14.1. The number of carbonyl (C=O) groups excluding carboxylic acids is 2. The maximum atomic E-state index is 12.9. The third-order valence-corrected chi connectivity index (χ3v) is 5.46. The quantitative estimate of drug-likeness (QED) is 0.773. The average molecular weight is 359 g/mol. The van der Waals surface area contributed by atoms with Crippen LogP contribution < -0.4 is 0 Å². The molecule has 0 saturated carbocycles. The highest BCUT2D eigenvalue weighted by Gasteiger charge is 2.57. The van der Waals surface area contributed by atoms with E-state index in [1.54, 1.807) is 6.08 Å². The fraction of sp³-hybridized carbons (Fsp3) is 0.333. The number of Topliss-reactive ketones (excluding diaryl/α,β-unsaturated/α-hetero) is 2. The summed E-state index contributed by atoms with van der Waals surface area (Å²) in [6.07, 6.45) is 7.86. The highest BCUT2D eigenvalue weighted by atomic mass is 79.9. The van der Waals surface area contributed by atoms with Crippen LogP contribution in [0.25, 0.3) is 0 Å². The standard InChI is InChI=1S/C18H15BrO3/c19-12-7-5-11(6-8-12)18-10-9-15(20)17(22-18)13-3-1-2-4-14(18)16(13)21/h1-8,13-14,17H,9-10H2/t13-,14?,17+,18?/m0/s1. The molecule has 1 aromatic rings. The molecule has 0 aromatic heterocycles. The zero-order valence-electron chi connectivity index (χ0n) is 11.9. The Morgan fingerprint density at radius 3 is 2.59 bits per heavy atom. The van der Waals surface area contributed by atoms with Gasteiger partial charge in [0.2, 0.25) is 0 Å². The second kappa shape index (κ2) is 5.00. The van der Waals surface area contributed by atoms with E-state index in [4.69, 9.17) is 4.74 Å². The van der Waals surface area contributed by atoms with Gasteiger partial charge in [-0.1, -0.05) is 52.4 Å². The van der Waals surface area contributed by atoms with Crippen molar-refractivity contribution >= 4 is 27.5 Å². The number of ketones is 2. The Morgan fingerprint density at radius 1 is 1.09 bits per heavy atom. The number of rotatable bonds is 1. The summed E-state index contributed by atoms with van der Waals surface area (Å²) in [4.78, 5) is 25.1. The van der Waals surface area contributed by atoms with Crippen molar-refractivity contribution in [2.75, 3.05) is 0 Å². The Bertz CT molecular complexity index is 704. The number of carbonyl (C=O) groups is 2. The fourth-order valence-electron chi connectivity index (χ4n) is 3.82. The van der Waals surface area contributed by atoms with Crippen molar-refractivity contribution in [2.45, 2.75) is 24.5 Å². The molecule has 2 aliphatic heterocycles. The molecular formula is C18H15BrO3. The van der Waals surface area contributed by atoms with Crippen LogP contribution in [0.4, 0.5) is 0 Å². The van der Waals surface area contributed by atoms with E-state index in [1.165, 1.54) is 0 Å². The number of hydrogen-bond donors (Lipinski definition) is 0. The molecule has 2 saturated heterocycles. The molecule has 4 bridgehead atoms. The summed E-state index contributed by atoms with van der Waals surface area (Å²) >= 11 is 3.44. The zero-order valence-corrected chi connectivity index (χ0v) is 13.5. The molecule has 4 heteroatoms. The van der Waals surface area contributed by atoms with Crippen molar-refractivity contribution in [3.63, 3.8) is 0 Å². The molecular weight excluding hydrogens is 344 g/mol. The van der Waals surface area contributed by atoms with Gasteiger partial charge in [0.05, 0.1) is 11.8 Å². The van der Waals surface area contributed by atoms with Gasteiger partial charge in [-0.2, -0.15) is 0 Å². The summed E-state index contributed by atoms with van der Waals surface area (Å²) in [6, 6.07) is 7.87. The zero-order chi connectivity index (χ0) is 15.3. The molecule has 2 fully saturated rings. The van der Waals surface area contributed by atoms with Crippen molar-refractivity contribution in [2.24, 2.45) is 11.8 Å². The summed E-state index contributed by atoms with van der Waals surface area (Å²) in [6.45, 7) is 0. The lowest BCUT2D eigenvalue weighted by Gasteiger charge is -2.50. The van der Waals surface area contributed by atoms with Gasteiger partial charge >= 0.3 is 0 Å². The Balaban J connectivity index is 1.88. The van der Waals surface area contributed by atoms with E-state index in [1.807, 2.05) is 42.5 Å². The summed E-state index contributed by atoms with van der Waals surface area (Å²) in [5, 5.41) is 0. The number of ether oxygens (including phenoxy) is 1. The van der Waals surface area contributed by atoms with E-state index in [-0.39, 0.29) is 17.5 Å². The van der Waals surface area contributed by atoms with E-state index in [2.05, 4.69) is 15.9 Å². The summed E-state index contributed by atoms with van der Waals surface area (Å²) in [5.74, 6) is -0.650. The first-order valence-electron chi connectivity index (χ1n) is 7.47. The molecule has 4 atom stereocenters. The largest absolute Gasteiger partial charge is 0.357 e. The van der Waals surface area contributed by atoms with Crippen LogP contribution >= 0.6 is 15.9 Å². The fourth-order valence-corrected chi connectivity index (χ4v) is 4.08. The monoisotopic (exact) mass is 358 g/mol. The van der Waals surface area contributed by atoms with Gasteiger partial charge in [0, 0.05) is 10.9 Å². The number of fused-ring (bicyclic) bond motifs is 6. The molecule has 1 aromatic carbocycles. The van der Waals surface area contributed by atoms with Crippen LogP contribution in [0.15, 0.2) is 53.0 Å². The Labute approximate surface area is 137 Å². The van der Waals surface area contributed by atoms with Crippen molar-refractivity contribution in [1.29, 1.82) is 0 Å². The van der Waals surface area contributed by atoms with Gasteiger partial charge in [-0.15, -0.1) is 0 Å². The molecule has 22 heavy (non-hydrogen) atoms. The third-order valence-electron chi connectivity index (χ3n) is 4.93. The second-order valence-electron chi connectivity index (χ2n) is 6.08. The SMILES string of the molecule is O=C1C2C=CC=C[C@@H]1[C@H]1OC2(c2ccc(Br)cc2)CCC1=O. The number of benzene rings is 1. The van der Waals surface area contributed by atoms with E-state index in [9.17, 15) is 9.59 Å². The van der Waals surface area contributed by atoms with Crippen molar-refractivity contribution in [3.8, 4) is 0 Å². The van der Waals surface area contributed by atoms with Crippen molar-refractivity contribution in [3.05, 3.63) is 58.6 Å². The Morgan fingerprint density at radius 2 is 1.82 bits per heavy atom. The normalized spacial score (nSPS) is 36.3. The van der Waals surface area contributed by atoms with Gasteiger partial charge in [-0.3, -0.25) is 9.59 Å². The lowest BCUT2D eigenvalue weighted by Crippen LogP contribution is -2.59. The van der Waals surface area contributed by atoms with Crippen LogP contribution in [0.2, 0.25) is 0 Å². The lowest BCUT2D eigenvalue weighted by atomic mass is 9.66. The van der Waals surface area contributed by atoms with Gasteiger partial charge in [-0.05, 0) is 24.1 Å². The summed E-state index contributed by atoms with van der Waals surface area (Å²) in [5.41, 5.74) is 0.256. The van der Waals surface area contributed by atoms with Crippen molar-refractivity contribution < 1.29 is 14.3 Å². The second-order valence-corrected chi connectivity index (χ2v) is 6.99. The van der Waals surface area contributed by atoms with E-state index in [0.29, 0.717) is 12.8 Å². The summed E-state index contributed by atoms with van der Waals surface area (Å²) < 4.78 is 7.26. The highest BCUT2D eigenvalue weighted by molar-refractivity contribution is 9.10. The van der Waals surface area contributed by atoms with Crippen LogP contribution in [0.1, 0.15) is 18.4 Å². The van der Waals surface area contributed by atoms with Crippen LogP contribution in [0.5, 0.6) is 0 Å². The number of hydrogen-bond acceptors (Lipinski definition) is 3. The molecule has 3 nitrogen and oxygen atoms in total. The third kappa shape index (κ3) is 1.90. The minimum absolute atomic E-state index is 0.0380. The molecule has 2 heterocycles. The van der Waals surface area contributed by atoms with Gasteiger partial charge in [-0.25, -0.2) is 0 Å². The van der Waals surface area contributed by atoms with Crippen LogP contribution in [-0.4, -0.2) is 17.7 Å². The lowest BCUT2D eigenvalue weighted by molar-refractivity contribution is -0.201. The topological polar surface area (TPSA) is 43.4 Å². The first-order valence-corrected chi connectivity index (χ1v) is 8.26. The number of allylic oxidation sites excluding steroid dienone is 2.